The van der Waals surface area contributed by atoms with Gasteiger partial charge in [0, 0.05) is 19.3 Å². The number of aromatic nitrogens is 1. The second-order valence-corrected chi connectivity index (χ2v) is 5.73. The second kappa shape index (κ2) is 8.48. The van der Waals surface area contributed by atoms with Crippen molar-refractivity contribution in [3.05, 3.63) is 57.9 Å². The summed E-state index contributed by atoms with van der Waals surface area (Å²) in [6.45, 7) is 6.40. The monoisotopic (exact) mass is 344 g/mol. The first-order valence-corrected chi connectivity index (χ1v) is 8.19. The van der Waals surface area contributed by atoms with Crippen LogP contribution in [0.2, 0.25) is 0 Å². The summed E-state index contributed by atoms with van der Waals surface area (Å²) in [4.78, 5) is 27.5. The molecule has 0 unspecified atom stereocenters. The van der Waals surface area contributed by atoms with Crippen LogP contribution in [-0.2, 0) is 22.6 Å². The Hall–Kier alpha value is -2.60. The molecular weight excluding hydrogens is 320 g/mol. The minimum Gasteiger partial charge on any atom is -0.462 e. The smallest absolute Gasteiger partial charge is 0.340 e. The first-order valence-electron chi connectivity index (χ1n) is 8.19. The fourth-order valence-corrected chi connectivity index (χ4v) is 2.78. The normalized spacial score (nSPS) is 10.6. The van der Waals surface area contributed by atoms with E-state index in [0.29, 0.717) is 42.3 Å². The van der Waals surface area contributed by atoms with Gasteiger partial charge in [-0.2, -0.15) is 0 Å². The van der Waals surface area contributed by atoms with E-state index in [-0.39, 0.29) is 5.91 Å². The third-order valence-electron chi connectivity index (χ3n) is 4.00. The molecule has 0 saturated heterocycles. The highest BCUT2D eigenvalue weighted by atomic mass is 16.5. The topological polar surface area (TPSA) is 80.4 Å². The van der Waals surface area contributed by atoms with Gasteiger partial charge in [0.25, 0.3) is 5.91 Å². The lowest BCUT2D eigenvalue weighted by atomic mass is 10.1. The number of benzene rings is 1. The summed E-state index contributed by atoms with van der Waals surface area (Å²) in [6.07, 6.45) is 0. The van der Waals surface area contributed by atoms with Crippen molar-refractivity contribution in [2.45, 2.75) is 33.9 Å². The summed E-state index contributed by atoms with van der Waals surface area (Å²) in [5.74, 6) is -0.679. The third-order valence-corrected chi connectivity index (χ3v) is 4.00. The maximum Gasteiger partial charge on any atom is 0.340 e. The van der Waals surface area contributed by atoms with Gasteiger partial charge in [0.1, 0.15) is 5.69 Å². The first-order chi connectivity index (χ1) is 12.0. The second-order valence-electron chi connectivity index (χ2n) is 5.73. The number of carbonyl (C=O) groups is 2. The summed E-state index contributed by atoms with van der Waals surface area (Å²) >= 11 is 0. The highest BCUT2D eigenvalue weighted by molar-refractivity contribution is 6.00. The molecule has 134 valence electrons. The van der Waals surface area contributed by atoms with E-state index in [9.17, 15) is 9.59 Å². The first kappa shape index (κ1) is 18.7. The van der Waals surface area contributed by atoms with Gasteiger partial charge in [0.05, 0.1) is 18.8 Å². The van der Waals surface area contributed by atoms with Gasteiger partial charge in [0.2, 0.25) is 0 Å². The molecule has 0 aliphatic rings. The van der Waals surface area contributed by atoms with Crippen LogP contribution in [0.25, 0.3) is 0 Å². The molecule has 2 rings (SSSR count). The summed E-state index contributed by atoms with van der Waals surface area (Å²) in [5, 5.41) is 2.89. The Bertz CT molecular complexity index is 765. The zero-order valence-corrected chi connectivity index (χ0v) is 15.1. The fourth-order valence-electron chi connectivity index (χ4n) is 2.78. The number of rotatable bonds is 7. The highest BCUT2D eigenvalue weighted by Gasteiger charge is 2.22. The summed E-state index contributed by atoms with van der Waals surface area (Å²) < 4.78 is 10.2. The number of aromatic amines is 1. The Morgan fingerprint density at radius 3 is 2.48 bits per heavy atom. The van der Waals surface area contributed by atoms with Crippen LogP contribution in [0, 0.1) is 13.8 Å². The molecule has 6 nitrogen and oxygen atoms in total. The number of ether oxygens (including phenoxy) is 2. The van der Waals surface area contributed by atoms with E-state index in [4.69, 9.17) is 9.47 Å². The molecule has 25 heavy (non-hydrogen) atoms. The molecule has 2 N–H and O–H groups in total. The lowest BCUT2D eigenvalue weighted by Gasteiger charge is -2.10. The van der Waals surface area contributed by atoms with Crippen molar-refractivity contribution in [2.75, 3.05) is 13.7 Å². The van der Waals surface area contributed by atoms with E-state index >= 15 is 0 Å². The largest absolute Gasteiger partial charge is 0.462 e. The predicted octanol–water partition coefficient (Wildman–Crippen LogP) is 2.88. The molecule has 0 aliphatic heterocycles. The van der Waals surface area contributed by atoms with Crippen molar-refractivity contribution in [1.82, 2.24) is 10.3 Å². The van der Waals surface area contributed by atoms with Gasteiger partial charge in [-0.15, -0.1) is 0 Å². The molecule has 1 aromatic carbocycles. The van der Waals surface area contributed by atoms with Gasteiger partial charge < -0.3 is 19.8 Å². The molecule has 0 bridgehead atoms. The number of carbonyl (C=O) groups excluding carboxylic acids is 2. The maximum atomic E-state index is 12.5. The van der Waals surface area contributed by atoms with Crippen molar-refractivity contribution in [3.8, 4) is 0 Å². The van der Waals surface area contributed by atoms with Crippen molar-refractivity contribution < 1.29 is 19.1 Å². The number of esters is 1. The Kier molecular flexibility index (Phi) is 6.36. The number of methoxy groups -OCH3 is 1. The zero-order valence-electron chi connectivity index (χ0n) is 15.1. The van der Waals surface area contributed by atoms with Crippen molar-refractivity contribution in [2.24, 2.45) is 0 Å². The standard InChI is InChI=1S/C19H24N2O4/c1-5-25-19(23)16-12(2)17(21-13(16)3)18(22)20-10-14-8-6-7-9-15(14)11-24-4/h6-9,21H,5,10-11H2,1-4H3,(H,20,22). The van der Waals surface area contributed by atoms with E-state index in [0.717, 1.165) is 11.1 Å². The fraction of sp³-hybridized carbons (Fsp3) is 0.368. The Balaban J connectivity index is 2.14. The van der Waals surface area contributed by atoms with Crippen LogP contribution in [0.5, 0.6) is 0 Å². The van der Waals surface area contributed by atoms with Gasteiger partial charge in [-0.25, -0.2) is 4.79 Å². The maximum absolute atomic E-state index is 12.5. The minimum absolute atomic E-state index is 0.261. The number of amides is 1. The predicted molar refractivity (Wildman–Crippen MR) is 94.5 cm³/mol. The van der Waals surface area contributed by atoms with Crippen LogP contribution in [0.15, 0.2) is 24.3 Å². The Morgan fingerprint density at radius 1 is 1.16 bits per heavy atom. The van der Waals surface area contributed by atoms with Crippen LogP contribution < -0.4 is 5.32 Å². The molecule has 0 radical (unpaired) electrons. The van der Waals surface area contributed by atoms with Crippen LogP contribution in [0.3, 0.4) is 0 Å². The van der Waals surface area contributed by atoms with E-state index in [2.05, 4.69) is 10.3 Å². The van der Waals surface area contributed by atoms with Crippen molar-refractivity contribution in [3.63, 3.8) is 0 Å². The van der Waals surface area contributed by atoms with Crippen molar-refractivity contribution >= 4 is 11.9 Å². The molecular formula is C19H24N2O4. The van der Waals surface area contributed by atoms with Crippen LogP contribution >= 0.6 is 0 Å². The van der Waals surface area contributed by atoms with E-state index in [1.54, 1.807) is 27.9 Å². The minimum atomic E-state index is -0.418. The van der Waals surface area contributed by atoms with E-state index in [1.807, 2.05) is 24.3 Å². The lowest BCUT2D eigenvalue weighted by Crippen LogP contribution is -2.24. The van der Waals surface area contributed by atoms with Gasteiger partial charge in [-0.3, -0.25) is 4.79 Å². The quantitative estimate of drug-likeness (QED) is 0.757. The molecule has 2 aromatic rings. The summed E-state index contributed by atoms with van der Waals surface area (Å²) in [6, 6.07) is 7.77. The van der Waals surface area contributed by atoms with Gasteiger partial charge >= 0.3 is 5.97 Å². The van der Waals surface area contributed by atoms with Crippen LogP contribution in [0.4, 0.5) is 0 Å². The zero-order chi connectivity index (χ0) is 18.4. The molecule has 0 atom stereocenters. The molecule has 0 fully saturated rings. The number of H-pyrrole nitrogens is 1. The number of aryl methyl sites for hydroxylation is 1. The molecule has 6 heteroatoms. The number of hydrogen-bond donors (Lipinski definition) is 2. The molecule has 1 heterocycles. The average Bonchev–Trinajstić information content (AvgIpc) is 2.89. The molecule has 1 aromatic heterocycles. The van der Waals surface area contributed by atoms with E-state index in [1.165, 1.54) is 0 Å². The number of nitrogens with one attached hydrogen (secondary N) is 2. The van der Waals surface area contributed by atoms with Gasteiger partial charge in [-0.1, -0.05) is 24.3 Å². The van der Waals surface area contributed by atoms with Crippen LogP contribution in [0.1, 0.15) is 50.2 Å². The van der Waals surface area contributed by atoms with Gasteiger partial charge in [0.15, 0.2) is 0 Å². The Morgan fingerprint density at radius 2 is 1.84 bits per heavy atom. The van der Waals surface area contributed by atoms with Gasteiger partial charge in [-0.05, 0) is 37.5 Å². The average molecular weight is 344 g/mol. The van der Waals surface area contributed by atoms with E-state index < -0.39 is 5.97 Å². The van der Waals surface area contributed by atoms with Crippen LogP contribution in [-0.4, -0.2) is 30.6 Å². The third kappa shape index (κ3) is 4.28. The lowest BCUT2D eigenvalue weighted by molar-refractivity contribution is 0.0525. The SMILES string of the molecule is CCOC(=O)c1c(C)[nH]c(C(=O)NCc2ccccc2COC)c1C. The highest BCUT2D eigenvalue weighted by Crippen LogP contribution is 2.19. The number of hydrogen-bond acceptors (Lipinski definition) is 4. The Labute approximate surface area is 147 Å². The molecule has 0 aliphatic carbocycles. The molecule has 0 spiro atoms. The van der Waals surface area contributed by atoms with Crippen molar-refractivity contribution in [1.29, 1.82) is 0 Å². The molecule has 0 saturated carbocycles. The molecule has 1 amide bonds. The summed E-state index contributed by atoms with van der Waals surface area (Å²) in [5.41, 5.74) is 4.04. The summed E-state index contributed by atoms with van der Waals surface area (Å²) in [7, 11) is 1.64.